The Morgan fingerprint density at radius 1 is 1.21 bits per heavy atom. The van der Waals surface area contributed by atoms with Crippen LogP contribution < -0.4 is 4.90 Å². The first-order chi connectivity index (χ1) is 13.6. The van der Waals surface area contributed by atoms with Gasteiger partial charge in [-0.3, -0.25) is 14.9 Å². The van der Waals surface area contributed by atoms with E-state index in [4.69, 9.17) is 4.42 Å². The topological polar surface area (TPSA) is 102 Å². The number of nitro groups is 1. The Labute approximate surface area is 164 Å². The maximum absolute atomic E-state index is 12.7. The summed E-state index contributed by atoms with van der Waals surface area (Å²) in [5.41, 5.74) is 2.55. The molecule has 3 aromatic rings. The van der Waals surface area contributed by atoms with Crippen LogP contribution in [0.15, 0.2) is 58.2 Å². The fourth-order valence-electron chi connectivity index (χ4n) is 3.13. The molecule has 0 fully saturated rings. The third-order valence-corrected chi connectivity index (χ3v) is 5.24. The molecule has 0 unspecified atom stereocenters. The van der Waals surface area contributed by atoms with Crippen LogP contribution in [0.4, 0.5) is 11.4 Å². The number of anilines is 1. The Balaban J connectivity index is 1.43. The molecular formula is C19H16N4O4S. The van der Waals surface area contributed by atoms with E-state index in [1.165, 1.54) is 17.7 Å². The molecule has 1 aliphatic heterocycles. The minimum absolute atomic E-state index is 0.0211. The first-order valence-electron chi connectivity index (χ1n) is 8.71. The Morgan fingerprint density at radius 2 is 2.07 bits per heavy atom. The van der Waals surface area contributed by atoms with Crippen molar-refractivity contribution in [2.24, 2.45) is 0 Å². The molecule has 4 rings (SSSR count). The van der Waals surface area contributed by atoms with E-state index >= 15 is 0 Å². The third-order valence-electron chi connectivity index (χ3n) is 4.44. The number of aromatic nitrogens is 2. The van der Waals surface area contributed by atoms with Crippen molar-refractivity contribution in [1.29, 1.82) is 0 Å². The summed E-state index contributed by atoms with van der Waals surface area (Å²) in [5.74, 6) is 0.333. The van der Waals surface area contributed by atoms with Crippen molar-refractivity contribution < 1.29 is 14.1 Å². The van der Waals surface area contributed by atoms with Crippen molar-refractivity contribution in [3.8, 4) is 11.5 Å². The molecule has 1 aromatic heterocycles. The number of amides is 1. The number of hydrogen-bond donors (Lipinski definition) is 0. The van der Waals surface area contributed by atoms with Gasteiger partial charge in [0.1, 0.15) is 0 Å². The first kappa shape index (κ1) is 18.2. The van der Waals surface area contributed by atoms with Crippen LogP contribution in [0.25, 0.3) is 11.5 Å². The van der Waals surface area contributed by atoms with Crippen molar-refractivity contribution in [3.63, 3.8) is 0 Å². The van der Waals surface area contributed by atoms with Gasteiger partial charge in [0.05, 0.1) is 10.7 Å². The lowest BCUT2D eigenvalue weighted by Gasteiger charge is -2.29. The molecule has 0 radical (unpaired) electrons. The van der Waals surface area contributed by atoms with Crippen LogP contribution in [-0.4, -0.2) is 33.3 Å². The van der Waals surface area contributed by atoms with Crippen LogP contribution in [0.2, 0.25) is 0 Å². The number of nitrogens with zero attached hydrogens (tertiary/aromatic N) is 4. The summed E-state index contributed by atoms with van der Waals surface area (Å²) >= 11 is 1.16. The van der Waals surface area contributed by atoms with E-state index in [9.17, 15) is 14.9 Å². The first-order valence-corrected chi connectivity index (χ1v) is 9.70. The number of carbonyl (C=O) groups is 1. The smallest absolute Gasteiger partial charge is 0.277 e. The fourth-order valence-corrected chi connectivity index (χ4v) is 3.77. The lowest BCUT2D eigenvalue weighted by Crippen LogP contribution is -2.36. The monoisotopic (exact) mass is 396 g/mol. The van der Waals surface area contributed by atoms with E-state index in [1.807, 2.05) is 24.3 Å². The molecule has 8 nitrogen and oxygen atoms in total. The largest absolute Gasteiger partial charge is 0.411 e. The van der Waals surface area contributed by atoms with Gasteiger partial charge in [0.2, 0.25) is 11.8 Å². The van der Waals surface area contributed by atoms with Crippen LogP contribution >= 0.6 is 11.8 Å². The lowest BCUT2D eigenvalue weighted by molar-refractivity contribution is -0.384. The number of nitro benzene ring substituents is 1. The van der Waals surface area contributed by atoms with E-state index in [-0.39, 0.29) is 28.5 Å². The highest BCUT2D eigenvalue weighted by molar-refractivity contribution is 7.99. The van der Waals surface area contributed by atoms with Crippen LogP contribution in [-0.2, 0) is 11.2 Å². The minimum Gasteiger partial charge on any atom is -0.411 e. The second kappa shape index (κ2) is 7.81. The molecule has 142 valence electrons. The predicted octanol–water partition coefficient (Wildman–Crippen LogP) is 3.72. The highest BCUT2D eigenvalue weighted by Crippen LogP contribution is 2.29. The third kappa shape index (κ3) is 3.74. The summed E-state index contributed by atoms with van der Waals surface area (Å²) in [6.07, 6.45) is 1.91. The number of carbonyl (C=O) groups excluding carboxylic acids is 1. The Morgan fingerprint density at radius 3 is 2.93 bits per heavy atom. The maximum Gasteiger partial charge on any atom is 0.277 e. The van der Waals surface area contributed by atoms with Crippen LogP contribution in [0.5, 0.6) is 0 Å². The quantitative estimate of drug-likeness (QED) is 0.368. The zero-order valence-electron chi connectivity index (χ0n) is 14.8. The number of rotatable bonds is 5. The van der Waals surface area contributed by atoms with Crippen molar-refractivity contribution in [3.05, 3.63) is 64.2 Å². The summed E-state index contributed by atoms with van der Waals surface area (Å²) in [4.78, 5) is 24.9. The molecule has 1 aliphatic rings. The van der Waals surface area contributed by atoms with Gasteiger partial charge in [0, 0.05) is 29.9 Å². The zero-order chi connectivity index (χ0) is 19.5. The van der Waals surface area contributed by atoms with Gasteiger partial charge >= 0.3 is 0 Å². The number of aryl methyl sites for hydroxylation is 1. The van der Waals surface area contributed by atoms with Crippen molar-refractivity contribution in [2.45, 2.75) is 18.1 Å². The van der Waals surface area contributed by atoms with Crippen molar-refractivity contribution in [2.75, 3.05) is 17.2 Å². The number of non-ortho nitro benzene ring substituents is 1. The van der Waals surface area contributed by atoms with Gasteiger partial charge in [-0.2, -0.15) is 0 Å². The second-order valence-electron chi connectivity index (χ2n) is 6.25. The molecule has 0 saturated carbocycles. The Hall–Kier alpha value is -3.20. The van der Waals surface area contributed by atoms with Crippen LogP contribution in [0, 0.1) is 10.1 Å². The van der Waals surface area contributed by atoms with Crippen molar-refractivity contribution in [1.82, 2.24) is 10.2 Å². The lowest BCUT2D eigenvalue weighted by atomic mass is 10.0. The normalized spacial score (nSPS) is 13.2. The number of benzene rings is 2. The maximum atomic E-state index is 12.7. The Kier molecular flexibility index (Phi) is 5.07. The van der Waals surface area contributed by atoms with E-state index < -0.39 is 4.92 Å². The molecule has 0 N–H and O–H groups in total. The van der Waals surface area contributed by atoms with Gasteiger partial charge in [-0.05, 0) is 30.5 Å². The fraction of sp³-hybridized carbons (Fsp3) is 0.211. The van der Waals surface area contributed by atoms with E-state index in [2.05, 4.69) is 10.2 Å². The van der Waals surface area contributed by atoms with Crippen LogP contribution in [0.1, 0.15) is 12.0 Å². The molecule has 9 heteroatoms. The highest BCUT2D eigenvalue weighted by atomic mass is 32.2. The molecule has 28 heavy (non-hydrogen) atoms. The van der Waals surface area contributed by atoms with Gasteiger partial charge in [0.15, 0.2) is 0 Å². The molecule has 2 aromatic carbocycles. The summed E-state index contributed by atoms with van der Waals surface area (Å²) < 4.78 is 5.56. The molecule has 0 bridgehead atoms. The van der Waals surface area contributed by atoms with E-state index in [1.54, 1.807) is 17.0 Å². The van der Waals surface area contributed by atoms with Gasteiger partial charge in [-0.1, -0.05) is 36.0 Å². The highest BCUT2D eigenvalue weighted by Gasteiger charge is 2.23. The number of hydrogen-bond acceptors (Lipinski definition) is 7. The number of para-hydroxylation sites is 1. The van der Waals surface area contributed by atoms with Gasteiger partial charge < -0.3 is 9.32 Å². The standard InChI is InChI=1S/C19H16N4O4S/c24-17(22-10-4-7-13-5-1-2-9-16(13)22)12-28-19-21-20-18(27-19)14-6-3-8-15(11-14)23(25)26/h1-3,5-6,8-9,11H,4,7,10,12H2. The van der Waals surface area contributed by atoms with Gasteiger partial charge in [-0.25, -0.2) is 0 Å². The molecule has 0 spiro atoms. The predicted molar refractivity (Wildman–Crippen MR) is 104 cm³/mol. The molecule has 1 amide bonds. The number of thioether (sulfide) groups is 1. The summed E-state index contributed by atoms with van der Waals surface area (Å²) in [5, 5.41) is 19.0. The summed E-state index contributed by atoms with van der Waals surface area (Å²) in [6, 6.07) is 13.9. The summed E-state index contributed by atoms with van der Waals surface area (Å²) in [7, 11) is 0. The SMILES string of the molecule is O=C(CSc1nnc(-c2cccc([N+](=O)[O-])c2)o1)N1CCCc2ccccc21. The minimum atomic E-state index is -0.481. The van der Waals surface area contributed by atoms with Crippen LogP contribution in [0.3, 0.4) is 0 Å². The van der Waals surface area contributed by atoms with Gasteiger partial charge in [-0.15, -0.1) is 10.2 Å². The molecular weight excluding hydrogens is 380 g/mol. The molecule has 0 atom stereocenters. The number of fused-ring (bicyclic) bond motifs is 1. The van der Waals surface area contributed by atoms with E-state index in [0.717, 1.165) is 30.3 Å². The molecule has 0 aliphatic carbocycles. The molecule has 0 saturated heterocycles. The summed E-state index contributed by atoms with van der Waals surface area (Å²) in [6.45, 7) is 0.694. The Bertz CT molecular complexity index is 1040. The molecule has 2 heterocycles. The van der Waals surface area contributed by atoms with Gasteiger partial charge in [0.25, 0.3) is 10.9 Å². The van der Waals surface area contributed by atoms with Crippen molar-refractivity contribution >= 4 is 29.0 Å². The average molecular weight is 396 g/mol. The second-order valence-corrected chi connectivity index (χ2v) is 7.17. The average Bonchev–Trinajstić information content (AvgIpc) is 3.21. The van der Waals surface area contributed by atoms with E-state index in [0.29, 0.717) is 12.1 Å². The zero-order valence-corrected chi connectivity index (χ0v) is 15.6.